The fourth-order valence-corrected chi connectivity index (χ4v) is 2.06. The summed E-state index contributed by atoms with van der Waals surface area (Å²) in [5.74, 6) is 0.663. The van der Waals surface area contributed by atoms with E-state index in [4.69, 9.17) is 5.73 Å². The number of nitrogens with one attached hydrogen (secondary N) is 1. The lowest BCUT2D eigenvalue weighted by Gasteiger charge is -2.24. The molecule has 102 valence electrons. The summed E-state index contributed by atoms with van der Waals surface area (Å²) < 4.78 is 0. The van der Waals surface area contributed by atoms with Crippen LogP contribution in [-0.2, 0) is 6.42 Å². The second-order valence-corrected chi connectivity index (χ2v) is 6.11. The summed E-state index contributed by atoms with van der Waals surface area (Å²) in [7, 11) is 0. The SMILES string of the molecule is CCNC(CCC(C)(C)C)Cc1cccnc1N. The summed E-state index contributed by atoms with van der Waals surface area (Å²) in [6.07, 6.45) is 5.09. The van der Waals surface area contributed by atoms with Gasteiger partial charge in [-0.3, -0.25) is 0 Å². The number of pyridine rings is 1. The van der Waals surface area contributed by atoms with Gasteiger partial charge in [-0.15, -0.1) is 0 Å². The van der Waals surface area contributed by atoms with Crippen molar-refractivity contribution in [1.82, 2.24) is 10.3 Å². The Hall–Kier alpha value is -1.09. The van der Waals surface area contributed by atoms with E-state index >= 15 is 0 Å². The predicted molar refractivity (Wildman–Crippen MR) is 78.5 cm³/mol. The minimum Gasteiger partial charge on any atom is -0.383 e. The number of hydrogen-bond acceptors (Lipinski definition) is 3. The Labute approximate surface area is 111 Å². The van der Waals surface area contributed by atoms with E-state index in [1.807, 2.05) is 6.07 Å². The minimum atomic E-state index is 0.383. The van der Waals surface area contributed by atoms with Crippen molar-refractivity contribution < 1.29 is 0 Å². The average molecular weight is 249 g/mol. The van der Waals surface area contributed by atoms with E-state index in [1.165, 1.54) is 12.8 Å². The fourth-order valence-electron chi connectivity index (χ4n) is 2.06. The van der Waals surface area contributed by atoms with E-state index in [1.54, 1.807) is 6.20 Å². The highest BCUT2D eigenvalue weighted by molar-refractivity contribution is 5.38. The van der Waals surface area contributed by atoms with Crippen LogP contribution < -0.4 is 11.1 Å². The number of anilines is 1. The Bertz CT molecular complexity index is 355. The van der Waals surface area contributed by atoms with Gasteiger partial charge in [0.2, 0.25) is 0 Å². The van der Waals surface area contributed by atoms with Gasteiger partial charge in [-0.05, 0) is 42.9 Å². The normalized spacial score (nSPS) is 13.6. The Balaban J connectivity index is 2.60. The molecule has 0 spiro atoms. The molecule has 1 aromatic heterocycles. The van der Waals surface area contributed by atoms with Gasteiger partial charge in [0.15, 0.2) is 0 Å². The number of nitrogens with zero attached hydrogens (tertiary/aromatic N) is 1. The topological polar surface area (TPSA) is 50.9 Å². The molecular weight excluding hydrogens is 222 g/mol. The molecule has 1 rings (SSSR count). The molecule has 0 fully saturated rings. The zero-order valence-corrected chi connectivity index (χ0v) is 12.2. The summed E-state index contributed by atoms with van der Waals surface area (Å²) in [5.41, 5.74) is 7.44. The average Bonchev–Trinajstić information content (AvgIpc) is 2.28. The fraction of sp³-hybridized carbons (Fsp3) is 0.667. The quantitative estimate of drug-likeness (QED) is 0.815. The van der Waals surface area contributed by atoms with Gasteiger partial charge in [0, 0.05) is 12.2 Å². The Morgan fingerprint density at radius 3 is 2.67 bits per heavy atom. The van der Waals surface area contributed by atoms with Crippen molar-refractivity contribution in [2.75, 3.05) is 12.3 Å². The van der Waals surface area contributed by atoms with Crippen LogP contribution in [0.5, 0.6) is 0 Å². The lowest BCUT2D eigenvalue weighted by molar-refractivity contribution is 0.330. The molecule has 1 aromatic rings. The number of nitrogens with two attached hydrogens (primary N) is 1. The first-order valence-electron chi connectivity index (χ1n) is 6.85. The predicted octanol–water partition coefficient (Wildman–Crippen LogP) is 3.01. The molecule has 0 aliphatic rings. The highest BCUT2D eigenvalue weighted by Gasteiger charge is 2.16. The highest BCUT2D eigenvalue weighted by atomic mass is 14.9. The van der Waals surface area contributed by atoms with E-state index in [-0.39, 0.29) is 0 Å². The van der Waals surface area contributed by atoms with Crippen molar-refractivity contribution in [3.8, 4) is 0 Å². The molecule has 0 saturated carbocycles. The van der Waals surface area contributed by atoms with Crippen molar-refractivity contribution in [1.29, 1.82) is 0 Å². The lowest BCUT2D eigenvalue weighted by Crippen LogP contribution is -2.32. The Morgan fingerprint density at radius 1 is 1.39 bits per heavy atom. The van der Waals surface area contributed by atoms with Crippen LogP contribution in [-0.4, -0.2) is 17.6 Å². The molecule has 0 amide bonds. The molecule has 0 saturated heterocycles. The monoisotopic (exact) mass is 249 g/mol. The summed E-state index contributed by atoms with van der Waals surface area (Å²) >= 11 is 0. The number of likely N-dealkylation sites (N-methyl/N-ethyl adjacent to an activating group) is 1. The van der Waals surface area contributed by atoms with E-state index in [0.29, 0.717) is 17.3 Å². The summed E-state index contributed by atoms with van der Waals surface area (Å²) in [6, 6.07) is 4.52. The molecule has 0 aliphatic carbocycles. The van der Waals surface area contributed by atoms with E-state index in [2.05, 4.69) is 44.1 Å². The van der Waals surface area contributed by atoms with Crippen LogP contribution in [0.15, 0.2) is 18.3 Å². The first-order chi connectivity index (χ1) is 8.42. The van der Waals surface area contributed by atoms with Gasteiger partial charge in [-0.2, -0.15) is 0 Å². The maximum absolute atomic E-state index is 5.91. The van der Waals surface area contributed by atoms with Crippen molar-refractivity contribution >= 4 is 5.82 Å². The molecule has 1 heterocycles. The van der Waals surface area contributed by atoms with Gasteiger partial charge in [0.05, 0.1) is 0 Å². The van der Waals surface area contributed by atoms with Crippen LogP contribution >= 0.6 is 0 Å². The number of aromatic nitrogens is 1. The molecule has 0 aliphatic heterocycles. The molecule has 0 radical (unpaired) electrons. The van der Waals surface area contributed by atoms with Gasteiger partial charge in [0.25, 0.3) is 0 Å². The Kier molecular flexibility index (Phi) is 5.60. The first kappa shape index (κ1) is 15.0. The zero-order chi connectivity index (χ0) is 13.6. The molecule has 0 bridgehead atoms. The third kappa shape index (κ3) is 5.50. The molecular formula is C15H27N3. The number of hydrogen-bond donors (Lipinski definition) is 2. The second-order valence-electron chi connectivity index (χ2n) is 6.11. The summed E-state index contributed by atoms with van der Waals surface area (Å²) in [4.78, 5) is 4.15. The van der Waals surface area contributed by atoms with Crippen LogP contribution in [0.25, 0.3) is 0 Å². The maximum atomic E-state index is 5.91. The van der Waals surface area contributed by atoms with Crippen molar-refractivity contribution in [3.05, 3.63) is 23.9 Å². The minimum absolute atomic E-state index is 0.383. The number of rotatable bonds is 6. The molecule has 1 unspecified atom stereocenters. The van der Waals surface area contributed by atoms with Gasteiger partial charge in [-0.1, -0.05) is 33.8 Å². The van der Waals surface area contributed by atoms with Gasteiger partial charge in [0.1, 0.15) is 5.82 Å². The van der Waals surface area contributed by atoms with Crippen LogP contribution in [0.1, 0.15) is 46.1 Å². The highest BCUT2D eigenvalue weighted by Crippen LogP contribution is 2.23. The standard InChI is InChI=1S/C15H27N3/c1-5-17-13(8-9-15(2,3)4)11-12-7-6-10-18-14(12)16/h6-7,10,13,17H,5,8-9,11H2,1-4H3,(H2,16,18). The van der Waals surface area contributed by atoms with Crippen LogP contribution in [0.4, 0.5) is 5.82 Å². The molecule has 1 atom stereocenters. The van der Waals surface area contributed by atoms with Crippen LogP contribution in [0.3, 0.4) is 0 Å². The maximum Gasteiger partial charge on any atom is 0.126 e. The summed E-state index contributed by atoms with van der Waals surface area (Å²) in [6.45, 7) is 10.0. The van der Waals surface area contributed by atoms with Crippen molar-refractivity contribution in [3.63, 3.8) is 0 Å². The molecule has 18 heavy (non-hydrogen) atoms. The summed E-state index contributed by atoms with van der Waals surface area (Å²) in [5, 5.41) is 3.55. The molecule has 3 nitrogen and oxygen atoms in total. The second kappa shape index (κ2) is 6.74. The van der Waals surface area contributed by atoms with E-state index < -0.39 is 0 Å². The van der Waals surface area contributed by atoms with Crippen molar-refractivity contribution in [2.45, 2.75) is 53.0 Å². The van der Waals surface area contributed by atoms with Crippen molar-refractivity contribution in [2.24, 2.45) is 5.41 Å². The van der Waals surface area contributed by atoms with Gasteiger partial charge >= 0.3 is 0 Å². The molecule has 3 N–H and O–H groups in total. The third-order valence-electron chi connectivity index (χ3n) is 3.13. The molecule has 0 aromatic carbocycles. The van der Waals surface area contributed by atoms with Crippen LogP contribution in [0.2, 0.25) is 0 Å². The number of nitrogen functional groups attached to an aromatic ring is 1. The first-order valence-corrected chi connectivity index (χ1v) is 6.85. The Morgan fingerprint density at radius 2 is 2.11 bits per heavy atom. The lowest BCUT2D eigenvalue weighted by atomic mass is 9.87. The van der Waals surface area contributed by atoms with Gasteiger partial charge < -0.3 is 11.1 Å². The van der Waals surface area contributed by atoms with E-state index in [9.17, 15) is 0 Å². The third-order valence-corrected chi connectivity index (χ3v) is 3.13. The smallest absolute Gasteiger partial charge is 0.126 e. The van der Waals surface area contributed by atoms with Gasteiger partial charge in [-0.25, -0.2) is 4.98 Å². The molecule has 3 heteroatoms. The van der Waals surface area contributed by atoms with E-state index in [0.717, 1.165) is 18.5 Å². The largest absolute Gasteiger partial charge is 0.383 e. The zero-order valence-electron chi connectivity index (χ0n) is 12.2. The van der Waals surface area contributed by atoms with Crippen LogP contribution in [0, 0.1) is 5.41 Å².